The molecule has 0 saturated heterocycles. The molecule has 19 heavy (non-hydrogen) atoms. The molecule has 0 fully saturated rings. The third kappa shape index (κ3) is 2.82. The van der Waals surface area contributed by atoms with Gasteiger partial charge in [0.1, 0.15) is 0 Å². The summed E-state index contributed by atoms with van der Waals surface area (Å²) in [6.07, 6.45) is 2.04. The van der Waals surface area contributed by atoms with E-state index in [0.29, 0.717) is 0 Å². The van der Waals surface area contributed by atoms with Crippen LogP contribution in [0.1, 0.15) is 17.5 Å². The number of fused-ring (bicyclic) bond motifs is 1. The topological polar surface area (TPSA) is 24.4 Å². The van der Waals surface area contributed by atoms with Crippen LogP contribution in [0.2, 0.25) is 5.02 Å². The molecule has 0 aromatic heterocycles. The lowest BCUT2D eigenvalue weighted by atomic mass is 10.1. The highest BCUT2D eigenvalue weighted by Gasteiger charge is 2.17. The fourth-order valence-corrected chi connectivity index (χ4v) is 2.68. The highest BCUT2D eigenvalue weighted by atomic mass is 79.9. The lowest BCUT2D eigenvalue weighted by Crippen LogP contribution is -1.99. The average molecular weight is 336 g/mol. The van der Waals surface area contributed by atoms with E-state index in [1.807, 2.05) is 24.3 Å². The predicted molar refractivity (Wildman–Crippen MR) is 84.1 cm³/mol. The van der Waals surface area contributed by atoms with E-state index in [2.05, 4.69) is 44.7 Å². The van der Waals surface area contributed by atoms with Crippen LogP contribution >= 0.6 is 27.5 Å². The second-order valence-corrected chi connectivity index (χ2v) is 5.83. The zero-order chi connectivity index (χ0) is 13.2. The zero-order valence-corrected chi connectivity index (χ0v) is 12.5. The van der Waals surface area contributed by atoms with Crippen molar-refractivity contribution in [2.24, 2.45) is 5.10 Å². The smallest absolute Gasteiger partial charge is 0.0685 e. The number of benzene rings is 2. The van der Waals surface area contributed by atoms with Gasteiger partial charge in [-0.1, -0.05) is 33.6 Å². The number of rotatable bonds is 2. The summed E-state index contributed by atoms with van der Waals surface area (Å²) >= 11 is 9.36. The summed E-state index contributed by atoms with van der Waals surface area (Å²) in [6, 6.07) is 13.9. The molecule has 0 spiro atoms. The van der Waals surface area contributed by atoms with Crippen LogP contribution < -0.4 is 5.43 Å². The number of hydrogen-bond acceptors (Lipinski definition) is 2. The quantitative estimate of drug-likeness (QED) is 0.778. The summed E-state index contributed by atoms with van der Waals surface area (Å²) < 4.78 is 1.09. The summed E-state index contributed by atoms with van der Waals surface area (Å²) in [4.78, 5) is 0. The standard InChI is InChI=1S/C15H12BrClN2/c16-11-3-1-10-2-8-15(14(10)9-11)19-18-13-6-4-12(17)5-7-13/h1,3-7,9,18H,2,8H2/b19-15+. The Kier molecular flexibility index (Phi) is 3.58. The van der Waals surface area contributed by atoms with E-state index in [9.17, 15) is 0 Å². The first-order valence-corrected chi connectivity index (χ1v) is 7.26. The van der Waals surface area contributed by atoms with Crippen molar-refractivity contribution in [2.75, 3.05) is 5.43 Å². The van der Waals surface area contributed by atoms with Gasteiger partial charge in [-0.2, -0.15) is 5.10 Å². The van der Waals surface area contributed by atoms with E-state index in [1.54, 1.807) is 0 Å². The molecule has 2 aromatic rings. The highest BCUT2D eigenvalue weighted by Crippen LogP contribution is 2.26. The van der Waals surface area contributed by atoms with Gasteiger partial charge in [0.2, 0.25) is 0 Å². The fraction of sp³-hybridized carbons (Fsp3) is 0.133. The molecular weight excluding hydrogens is 324 g/mol. The Hall–Kier alpha value is -1.32. The zero-order valence-electron chi connectivity index (χ0n) is 10.2. The van der Waals surface area contributed by atoms with E-state index in [0.717, 1.165) is 33.7 Å². The molecule has 2 aromatic carbocycles. The van der Waals surface area contributed by atoms with Crippen LogP contribution in [0.5, 0.6) is 0 Å². The molecule has 3 rings (SSSR count). The Balaban J connectivity index is 1.83. The van der Waals surface area contributed by atoms with Gasteiger partial charge in [0.25, 0.3) is 0 Å². The Bertz CT molecular complexity index is 635. The van der Waals surface area contributed by atoms with Crippen molar-refractivity contribution in [2.45, 2.75) is 12.8 Å². The molecular formula is C15H12BrClN2. The van der Waals surface area contributed by atoms with Crippen molar-refractivity contribution in [1.29, 1.82) is 0 Å². The maximum atomic E-state index is 5.85. The van der Waals surface area contributed by atoms with Crippen LogP contribution in [0.3, 0.4) is 0 Å². The van der Waals surface area contributed by atoms with Crippen molar-refractivity contribution >= 4 is 38.9 Å². The van der Waals surface area contributed by atoms with Gasteiger partial charge in [0.15, 0.2) is 0 Å². The molecule has 1 N–H and O–H groups in total. The minimum Gasteiger partial charge on any atom is -0.278 e. The van der Waals surface area contributed by atoms with Crippen molar-refractivity contribution in [3.63, 3.8) is 0 Å². The van der Waals surface area contributed by atoms with Crippen molar-refractivity contribution < 1.29 is 0 Å². The summed E-state index contributed by atoms with van der Waals surface area (Å²) in [5.41, 5.74) is 7.73. The molecule has 96 valence electrons. The van der Waals surface area contributed by atoms with E-state index < -0.39 is 0 Å². The normalized spacial score (nSPS) is 15.6. The monoisotopic (exact) mass is 334 g/mol. The lowest BCUT2D eigenvalue weighted by molar-refractivity contribution is 1.09. The lowest BCUT2D eigenvalue weighted by Gasteiger charge is -2.04. The number of halogens is 2. The summed E-state index contributed by atoms with van der Waals surface area (Å²) in [7, 11) is 0. The molecule has 2 nitrogen and oxygen atoms in total. The summed E-state index contributed by atoms with van der Waals surface area (Å²) in [5, 5.41) is 5.24. The minimum absolute atomic E-state index is 0.730. The molecule has 1 aliphatic rings. The van der Waals surface area contributed by atoms with Crippen LogP contribution in [0.25, 0.3) is 0 Å². The van der Waals surface area contributed by atoms with Gasteiger partial charge in [0.05, 0.1) is 11.4 Å². The Morgan fingerprint density at radius 3 is 2.63 bits per heavy atom. The Morgan fingerprint density at radius 2 is 1.84 bits per heavy atom. The molecule has 0 radical (unpaired) electrons. The van der Waals surface area contributed by atoms with Crippen LogP contribution in [0.15, 0.2) is 52.0 Å². The maximum absolute atomic E-state index is 5.85. The molecule has 0 atom stereocenters. The number of aryl methyl sites for hydroxylation is 1. The van der Waals surface area contributed by atoms with Gasteiger partial charge in [-0.3, -0.25) is 5.43 Å². The summed E-state index contributed by atoms with van der Waals surface area (Å²) in [5.74, 6) is 0. The fourth-order valence-electron chi connectivity index (χ4n) is 2.20. The maximum Gasteiger partial charge on any atom is 0.0685 e. The van der Waals surface area contributed by atoms with Crippen molar-refractivity contribution in [3.05, 3.63) is 63.1 Å². The van der Waals surface area contributed by atoms with E-state index in [4.69, 9.17) is 11.6 Å². The van der Waals surface area contributed by atoms with Crippen LogP contribution in [0.4, 0.5) is 5.69 Å². The van der Waals surface area contributed by atoms with Gasteiger partial charge in [-0.25, -0.2) is 0 Å². The summed E-state index contributed by atoms with van der Waals surface area (Å²) in [6.45, 7) is 0. The second-order valence-electron chi connectivity index (χ2n) is 4.48. The van der Waals surface area contributed by atoms with Crippen molar-refractivity contribution in [1.82, 2.24) is 0 Å². The molecule has 1 aliphatic carbocycles. The van der Waals surface area contributed by atoms with E-state index in [1.165, 1.54) is 11.1 Å². The Morgan fingerprint density at radius 1 is 1.05 bits per heavy atom. The van der Waals surface area contributed by atoms with E-state index >= 15 is 0 Å². The third-order valence-corrected chi connectivity index (χ3v) is 3.92. The molecule has 0 aliphatic heterocycles. The van der Waals surface area contributed by atoms with E-state index in [-0.39, 0.29) is 0 Å². The largest absolute Gasteiger partial charge is 0.278 e. The first-order valence-electron chi connectivity index (χ1n) is 6.09. The van der Waals surface area contributed by atoms with Gasteiger partial charge in [-0.15, -0.1) is 0 Å². The molecule has 4 heteroatoms. The first kappa shape index (κ1) is 12.7. The molecule has 0 bridgehead atoms. The number of hydrazone groups is 1. The molecule has 0 saturated carbocycles. The van der Waals surface area contributed by atoms with Crippen LogP contribution in [-0.4, -0.2) is 5.71 Å². The van der Waals surface area contributed by atoms with Crippen LogP contribution in [0, 0.1) is 0 Å². The predicted octanol–water partition coefficient (Wildman–Crippen LogP) is 4.86. The Labute approximate surface area is 125 Å². The van der Waals surface area contributed by atoms with Gasteiger partial charge >= 0.3 is 0 Å². The second kappa shape index (κ2) is 5.35. The molecule has 0 heterocycles. The van der Waals surface area contributed by atoms with Crippen molar-refractivity contribution in [3.8, 4) is 0 Å². The average Bonchev–Trinajstić information content (AvgIpc) is 2.80. The SMILES string of the molecule is Clc1ccc(N/N=C2\CCc3ccc(Br)cc32)cc1. The first-order chi connectivity index (χ1) is 9.22. The minimum atomic E-state index is 0.730. The third-order valence-electron chi connectivity index (χ3n) is 3.18. The number of nitrogens with zero attached hydrogens (tertiary/aromatic N) is 1. The van der Waals surface area contributed by atoms with Gasteiger partial charge in [0, 0.05) is 15.1 Å². The number of hydrogen-bond donors (Lipinski definition) is 1. The number of nitrogens with one attached hydrogen (secondary N) is 1. The van der Waals surface area contributed by atoms with Gasteiger partial charge in [-0.05, 0) is 54.8 Å². The molecule has 0 unspecified atom stereocenters. The van der Waals surface area contributed by atoms with Crippen LogP contribution in [-0.2, 0) is 6.42 Å². The highest BCUT2D eigenvalue weighted by molar-refractivity contribution is 9.10. The van der Waals surface area contributed by atoms with Gasteiger partial charge < -0.3 is 0 Å². The number of anilines is 1. The molecule has 0 amide bonds.